The second kappa shape index (κ2) is 8.56. The Kier molecular flexibility index (Phi) is 7.37. The number of carbonyl (C=O) groups is 3. The van der Waals surface area contributed by atoms with E-state index in [1.165, 1.54) is 21.6 Å². The molecule has 0 bridgehead atoms. The van der Waals surface area contributed by atoms with Crippen LogP contribution in [-0.4, -0.2) is 32.6 Å². The molecular formula is C14H17ClN2O4S2. The highest BCUT2D eigenvalue weighted by Crippen LogP contribution is 2.41. The van der Waals surface area contributed by atoms with Gasteiger partial charge in [0.1, 0.15) is 5.03 Å². The topological polar surface area (TPSA) is 76.6 Å². The van der Waals surface area contributed by atoms with E-state index < -0.39 is 22.5 Å². The first-order valence-corrected chi connectivity index (χ1v) is 8.86. The lowest BCUT2D eigenvalue weighted by atomic mass is 10.1. The van der Waals surface area contributed by atoms with E-state index in [2.05, 4.69) is 4.98 Å². The third-order valence-corrected chi connectivity index (χ3v) is 5.97. The number of aromatic nitrogens is 1. The predicted molar refractivity (Wildman–Crippen MR) is 90.8 cm³/mol. The van der Waals surface area contributed by atoms with Gasteiger partial charge in [-0.15, -0.1) is 17.5 Å². The molecule has 0 aliphatic carbocycles. The smallest absolute Gasteiger partial charge is 0.330 e. The molecule has 0 saturated carbocycles. The molecule has 9 heteroatoms. The van der Waals surface area contributed by atoms with Gasteiger partial charge in [0.25, 0.3) is 11.8 Å². The van der Waals surface area contributed by atoms with E-state index in [9.17, 15) is 14.4 Å². The van der Waals surface area contributed by atoms with Crippen molar-refractivity contribution in [2.45, 2.75) is 42.9 Å². The normalized spacial score (nSPS) is 14.6. The fourth-order valence-electron chi connectivity index (χ4n) is 1.72. The number of amides is 2. The molecule has 23 heavy (non-hydrogen) atoms. The zero-order valence-corrected chi connectivity index (χ0v) is 15.1. The van der Waals surface area contributed by atoms with Crippen LogP contribution in [0, 0.1) is 0 Å². The molecular weight excluding hydrogens is 360 g/mol. The van der Waals surface area contributed by atoms with Crippen LogP contribution in [0.1, 0.15) is 33.1 Å². The summed E-state index contributed by atoms with van der Waals surface area (Å²) in [6, 6.07) is 5.61. The number of nitrogens with zero attached hydrogens (tertiary/aromatic N) is 2. The van der Waals surface area contributed by atoms with Gasteiger partial charge < -0.3 is 4.84 Å². The molecule has 1 aliphatic heterocycles. The second-order valence-electron chi connectivity index (χ2n) is 5.32. The van der Waals surface area contributed by atoms with Crippen molar-refractivity contribution in [3.8, 4) is 0 Å². The standard InChI is InChI=1S/C14H16N2O4S2.ClH/c1-14(2,22-21-10-5-3-4-8-15-10)9-13(19)20-16-11(17)6-7-12(16)18;/h3-5,8H,6-7,9H2,1-2H3;1H. The Morgan fingerprint density at radius 3 is 2.52 bits per heavy atom. The summed E-state index contributed by atoms with van der Waals surface area (Å²) < 4.78 is -0.426. The number of imide groups is 1. The van der Waals surface area contributed by atoms with Crippen LogP contribution in [-0.2, 0) is 19.2 Å². The number of pyridine rings is 1. The SMILES string of the molecule is CC(C)(CC(=O)ON1C(=O)CCC1=O)SSc1ccccn1.Cl. The average Bonchev–Trinajstić information content (AvgIpc) is 2.78. The molecule has 1 saturated heterocycles. The molecule has 2 amide bonds. The van der Waals surface area contributed by atoms with E-state index in [1.807, 2.05) is 32.0 Å². The summed E-state index contributed by atoms with van der Waals surface area (Å²) >= 11 is 0. The van der Waals surface area contributed by atoms with Crippen molar-refractivity contribution in [3.05, 3.63) is 24.4 Å². The van der Waals surface area contributed by atoms with Gasteiger partial charge in [-0.3, -0.25) is 9.59 Å². The van der Waals surface area contributed by atoms with E-state index in [1.54, 1.807) is 6.20 Å². The van der Waals surface area contributed by atoms with Crippen LogP contribution in [0.25, 0.3) is 0 Å². The van der Waals surface area contributed by atoms with Gasteiger partial charge in [-0.05, 0) is 36.8 Å². The van der Waals surface area contributed by atoms with Crippen LogP contribution in [0.4, 0.5) is 0 Å². The van der Waals surface area contributed by atoms with Gasteiger partial charge in [0.2, 0.25) is 0 Å². The van der Waals surface area contributed by atoms with Crippen LogP contribution in [0.3, 0.4) is 0 Å². The lowest BCUT2D eigenvalue weighted by molar-refractivity contribution is -0.197. The van der Waals surface area contributed by atoms with Crippen LogP contribution < -0.4 is 0 Å². The van der Waals surface area contributed by atoms with Gasteiger partial charge in [-0.2, -0.15) is 0 Å². The Balaban J connectivity index is 0.00000264. The van der Waals surface area contributed by atoms with Crippen molar-refractivity contribution in [2.75, 3.05) is 0 Å². The fourth-order valence-corrected chi connectivity index (χ4v) is 3.85. The Hall–Kier alpha value is -1.25. The van der Waals surface area contributed by atoms with Crippen LogP contribution >= 0.6 is 34.0 Å². The Morgan fingerprint density at radius 2 is 1.96 bits per heavy atom. The van der Waals surface area contributed by atoms with E-state index >= 15 is 0 Å². The third-order valence-electron chi connectivity index (χ3n) is 2.76. The largest absolute Gasteiger partial charge is 0.334 e. The molecule has 1 aliphatic rings. The molecule has 0 spiro atoms. The number of carbonyl (C=O) groups excluding carboxylic acids is 3. The van der Waals surface area contributed by atoms with Gasteiger partial charge in [0.05, 0.1) is 6.42 Å². The lowest BCUT2D eigenvalue weighted by Gasteiger charge is -2.22. The van der Waals surface area contributed by atoms with Crippen molar-refractivity contribution < 1.29 is 19.2 Å². The summed E-state index contributed by atoms with van der Waals surface area (Å²) in [7, 11) is 2.95. The second-order valence-corrected chi connectivity index (χ2v) is 8.17. The van der Waals surface area contributed by atoms with E-state index in [0.717, 1.165) is 5.03 Å². The first-order chi connectivity index (χ1) is 10.4. The Bertz CT molecular complexity index is 567. The highest BCUT2D eigenvalue weighted by atomic mass is 35.5. The number of hydrogen-bond acceptors (Lipinski definition) is 7. The molecule has 6 nitrogen and oxygen atoms in total. The predicted octanol–water partition coefficient (Wildman–Crippen LogP) is 3.02. The summed E-state index contributed by atoms with van der Waals surface area (Å²) in [5.74, 6) is -1.53. The summed E-state index contributed by atoms with van der Waals surface area (Å²) in [4.78, 5) is 43.8. The summed E-state index contributed by atoms with van der Waals surface area (Å²) in [5.41, 5.74) is 0. The molecule has 1 fully saturated rings. The van der Waals surface area contributed by atoms with Crippen molar-refractivity contribution in [1.82, 2.24) is 10.0 Å². The van der Waals surface area contributed by atoms with E-state index in [-0.39, 0.29) is 31.7 Å². The van der Waals surface area contributed by atoms with Gasteiger partial charge in [-0.25, -0.2) is 9.78 Å². The molecule has 0 radical (unpaired) electrons. The Labute approximate surface area is 148 Å². The highest BCUT2D eigenvalue weighted by molar-refractivity contribution is 8.77. The number of rotatable bonds is 6. The van der Waals surface area contributed by atoms with Crippen molar-refractivity contribution in [3.63, 3.8) is 0 Å². The molecule has 2 rings (SSSR count). The molecule has 2 heterocycles. The number of halogens is 1. The van der Waals surface area contributed by atoms with Crippen LogP contribution in [0.2, 0.25) is 0 Å². The van der Waals surface area contributed by atoms with E-state index in [0.29, 0.717) is 5.06 Å². The third kappa shape index (κ3) is 6.04. The summed E-state index contributed by atoms with van der Waals surface area (Å²) in [6.07, 6.45) is 1.98. The maximum atomic E-state index is 11.9. The summed E-state index contributed by atoms with van der Waals surface area (Å²) in [5, 5.41) is 1.42. The Morgan fingerprint density at radius 1 is 1.30 bits per heavy atom. The number of hydroxylamine groups is 2. The van der Waals surface area contributed by atoms with Crippen LogP contribution in [0.15, 0.2) is 29.4 Å². The van der Waals surface area contributed by atoms with E-state index in [4.69, 9.17) is 4.84 Å². The minimum atomic E-state index is -0.595. The zero-order chi connectivity index (χ0) is 16.2. The first-order valence-electron chi connectivity index (χ1n) is 6.71. The van der Waals surface area contributed by atoms with Gasteiger partial charge >= 0.3 is 5.97 Å². The first kappa shape index (κ1) is 19.8. The molecule has 0 aromatic carbocycles. The minimum absolute atomic E-state index is 0. The van der Waals surface area contributed by atoms with Crippen molar-refractivity contribution in [2.24, 2.45) is 0 Å². The molecule has 1 aromatic heterocycles. The summed E-state index contributed by atoms with van der Waals surface area (Å²) in [6.45, 7) is 3.78. The fraction of sp³-hybridized carbons (Fsp3) is 0.429. The molecule has 0 N–H and O–H groups in total. The highest BCUT2D eigenvalue weighted by Gasteiger charge is 2.34. The maximum Gasteiger partial charge on any atom is 0.334 e. The van der Waals surface area contributed by atoms with Crippen LogP contribution in [0.5, 0.6) is 0 Å². The van der Waals surface area contributed by atoms with Gasteiger partial charge in [0.15, 0.2) is 0 Å². The lowest BCUT2D eigenvalue weighted by Crippen LogP contribution is -2.34. The molecule has 1 aromatic rings. The van der Waals surface area contributed by atoms with Gasteiger partial charge in [0, 0.05) is 23.8 Å². The van der Waals surface area contributed by atoms with Crippen molar-refractivity contribution >= 4 is 51.8 Å². The van der Waals surface area contributed by atoms with Crippen molar-refractivity contribution in [1.29, 1.82) is 0 Å². The number of hydrogen-bond donors (Lipinski definition) is 0. The molecule has 0 atom stereocenters. The molecule has 126 valence electrons. The zero-order valence-electron chi connectivity index (χ0n) is 12.7. The molecule has 0 unspecified atom stereocenters. The van der Waals surface area contributed by atoms with Gasteiger partial charge in [-0.1, -0.05) is 16.9 Å². The monoisotopic (exact) mass is 376 g/mol. The maximum absolute atomic E-state index is 11.9. The minimum Gasteiger partial charge on any atom is -0.330 e. The quantitative estimate of drug-likeness (QED) is 0.557. The average molecular weight is 377 g/mol.